The third kappa shape index (κ3) is 3.38. The van der Waals surface area contributed by atoms with Crippen molar-refractivity contribution in [3.05, 3.63) is 0 Å². The molecule has 1 heterocycles. The first-order chi connectivity index (χ1) is 5.12. The average Bonchev–Trinajstić information content (AvgIpc) is 1.85. The van der Waals surface area contributed by atoms with E-state index in [0.29, 0.717) is 13.2 Å². The molecule has 1 rings (SSSR count). The fourth-order valence-electron chi connectivity index (χ4n) is 1.08. The van der Waals surface area contributed by atoms with Gasteiger partial charge < -0.3 is 14.8 Å². The number of esters is 1. The Morgan fingerprint density at radius 2 is 2.33 bits per heavy atom. The molecule has 0 saturated carbocycles. The van der Waals surface area contributed by atoms with Crippen LogP contribution in [0.3, 0.4) is 0 Å². The molecule has 1 saturated heterocycles. The van der Waals surface area contributed by atoms with Crippen LogP contribution in [0.25, 0.3) is 0 Å². The minimum absolute atomic E-state index is 0. The maximum atomic E-state index is 10.6. The van der Waals surface area contributed by atoms with E-state index in [1.807, 2.05) is 0 Å². The Morgan fingerprint density at radius 1 is 1.67 bits per heavy atom. The molecule has 4 nitrogen and oxygen atoms in total. The summed E-state index contributed by atoms with van der Waals surface area (Å²) >= 11 is 0. The molecule has 0 spiro atoms. The van der Waals surface area contributed by atoms with E-state index in [9.17, 15) is 4.79 Å². The highest BCUT2D eigenvalue weighted by molar-refractivity contribution is 5.85. The number of rotatable bonds is 1. The van der Waals surface area contributed by atoms with Gasteiger partial charge >= 0.3 is 5.97 Å². The number of morpholine rings is 1. The average molecular weight is 196 g/mol. The molecule has 0 aromatic heterocycles. The summed E-state index contributed by atoms with van der Waals surface area (Å²) in [5, 5.41) is 3.08. The quantitative estimate of drug-likeness (QED) is 0.612. The van der Waals surface area contributed by atoms with Gasteiger partial charge in [-0.2, -0.15) is 0 Å². The van der Waals surface area contributed by atoms with Crippen LogP contribution in [-0.2, 0) is 14.3 Å². The van der Waals surface area contributed by atoms with Gasteiger partial charge in [-0.1, -0.05) is 0 Å². The summed E-state index contributed by atoms with van der Waals surface area (Å²) in [6.45, 7) is 5.09. The number of carbonyl (C=O) groups is 1. The molecule has 72 valence electrons. The van der Waals surface area contributed by atoms with Crippen molar-refractivity contribution in [1.82, 2.24) is 5.32 Å². The lowest BCUT2D eigenvalue weighted by Gasteiger charge is -2.33. The Morgan fingerprint density at radius 3 is 2.75 bits per heavy atom. The van der Waals surface area contributed by atoms with Gasteiger partial charge in [-0.25, -0.2) is 0 Å². The van der Waals surface area contributed by atoms with Crippen molar-refractivity contribution in [3.63, 3.8) is 0 Å². The van der Waals surface area contributed by atoms with Crippen molar-refractivity contribution in [3.8, 4) is 0 Å². The minimum Gasteiger partial charge on any atom is -0.432 e. The largest absolute Gasteiger partial charge is 0.432 e. The lowest BCUT2D eigenvalue weighted by atomic mass is 10.3. The van der Waals surface area contributed by atoms with Gasteiger partial charge in [-0.15, -0.1) is 12.4 Å². The highest BCUT2D eigenvalue weighted by Crippen LogP contribution is 2.13. The molecule has 0 aliphatic carbocycles. The Labute approximate surface area is 78.0 Å². The van der Waals surface area contributed by atoms with Gasteiger partial charge in [0.05, 0.1) is 13.2 Å². The van der Waals surface area contributed by atoms with Gasteiger partial charge in [0.25, 0.3) is 0 Å². The van der Waals surface area contributed by atoms with Crippen LogP contribution in [0.1, 0.15) is 13.8 Å². The van der Waals surface area contributed by atoms with Crippen LogP contribution in [0.2, 0.25) is 0 Å². The Kier molecular flexibility index (Phi) is 4.52. The van der Waals surface area contributed by atoms with Crippen LogP contribution in [-0.4, -0.2) is 31.5 Å². The van der Waals surface area contributed by atoms with Crippen molar-refractivity contribution in [2.75, 3.05) is 19.7 Å². The van der Waals surface area contributed by atoms with Crippen LogP contribution in [0.5, 0.6) is 0 Å². The first-order valence-corrected chi connectivity index (χ1v) is 3.67. The number of hydrogen-bond acceptors (Lipinski definition) is 4. The molecule has 0 amide bonds. The van der Waals surface area contributed by atoms with E-state index in [1.165, 1.54) is 6.92 Å². The van der Waals surface area contributed by atoms with Crippen LogP contribution >= 0.6 is 12.4 Å². The van der Waals surface area contributed by atoms with Gasteiger partial charge in [0, 0.05) is 20.4 Å². The Hall–Kier alpha value is -0.320. The molecular formula is C7H14ClNO3. The normalized spacial score (nSPS) is 28.8. The predicted molar refractivity (Wildman–Crippen MR) is 46.2 cm³/mol. The van der Waals surface area contributed by atoms with E-state index < -0.39 is 5.79 Å². The second-order valence-corrected chi connectivity index (χ2v) is 2.75. The van der Waals surface area contributed by atoms with E-state index in [2.05, 4.69) is 5.32 Å². The second-order valence-electron chi connectivity index (χ2n) is 2.75. The molecule has 1 atom stereocenters. The molecule has 12 heavy (non-hydrogen) atoms. The highest BCUT2D eigenvalue weighted by atomic mass is 35.5. The summed E-state index contributed by atoms with van der Waals surface area (Å²) in [5.74, 6) is -1.07. The van der Waals surface area contributed by atoms with Crippen molar-refractivity contribution in [2.24, 2.45) is 0 Å². The van der Waals surface area contributed by atoms with E-state index in [4.69, 9.17) is 9.47 Å². The molecule has 5 heteroatoms. The highest BCUT2D eigenvalue weighted by Gasteiger charge is 2.30. The van der Waals surface area contributed by atoms with Crippen LogP contribution in [0, 0.1) is 0 Å². The smallest absolute Gasteiger partial charge is 0.305 e. The maximum absolute atomic E-state index is 10.6. The number of ether oxygens (including phenoxy) is 2. The molecule has 1 aliphatic rings. The number of nitrogens with one attached hydrogen (secondary N) is 1. The monoisotopic (exact) mass is 195 g/mol. The third-order valence-electron chi connectivity index (χ3n) is 1.49. The summed E-state index contributed by atoms with van der Waals surface area (Å²) < 4.78 is 10.2. The summed E-state index contributed by atoms with van der Waals surface area (Å²) in [6.07, 6.45) is 0. The number of halogens is 1. The zero-order valence-electron chi connectivity index (χ0n) is 7.25. The lowest BCUT2D eigenvalue weighted by molar-refractivity contribution is -0.228. The van der Waals surface area contributed by atoms with Crippen molar-refractivity contribution >= 4 is 18.4 Å². The molecule has 1 N–H and O–H groups in total. The van der Waals surface area contributed by atoms with Crippen molar-refractivity contribution in [1.29, 1.82) is 0 Å². The maximum Gasteiger partial charge on any atom is 0.305 e. The molecule has 0 radical (unpaired) electrons. The Bertz CT molecular complexity index is 157. The predicted octanol–water partition coefficient (Wildman–Crippen LogP) is 0.307. The lowest BCUT2D eigenvalue weighted by Crippen LogP contribution is -2.50. The van der Waals surface area contributed by atoms with Gasteiger partial charge in [0.2, 0.25) is 5.79 Å². The summed E-state index contributed by atoms with van der Waals surface area (Å²) in [5.41, 5.74) is 0. The summed E-state index contributed by atoms with van der Waals surface area (Å²) in [4.78, 5) is 10.6. The van der Waals surface area contributed by atoms with Gasteiger partial charge in [-0.05, 0) is 0 Å². The van der Waals surface area contributed by atoms with Gasteiger partial charge in [0.15, 0.2) is 0 Å². The van der Waals surface area contributed by atoms with E-state index in [-0.39, 0.29) is 18.4 Å². The second kappa shape index (κ2) is 4.64. The molecule has 0 aromatic carbocycles. The number of hydrogen-bond donors (Lipinski definition) is 1. The van der Waals surface area contributed by atoms with E-state index in [0.717, 1.165) is 6.54 Å². The molecule has 1 aliphatic heterocycles. The number of carbonyl (C=O) groups excluding carboxylic acids is 1. The third-order valence-corrected chi connectivity index (χ3v) is 1.49. The fourth-order valence-corrected chi connectivity index (χ4v) is 1.08. The van der Waals surface area contributed by atoms with Crippen LogP contribution in [0.15, 0.2) is 0 Å². The summed E-state index contributed by atoms with van der Waals surface area (Å²) in [6, 6.07) is 0. The van der Waals surface area contributed by atoms with E-state index >= 15 is 0 Å². The molecule has 1 unspecified atom stereocenters. The van der Waals surface area contributed by atoms with Crippen LogP contribution < -0.4 is 5.32 Å². The molecule has 0 aromatic rings. The molecule has 1 fully saturated rings. The zero-order chi connectivity index (χ0) is 8.32. The standard InChI is InChI=1S/C7H13NO3.ClH/c1-6(9)11-7(2)5-8-3-4-10-7;/h8H,3-5H2,1-2H3;1H. The van der Waals surface area contributed by atoms with Gasteiger partial charge in [-0.3, -0.25) is 4.79 Å². The van der Waals surface area contributed by atoms with Crippen molar-refractivity contribution < 1.29 is 14.3 Å². The minimum atomic E-state index is -0.760. The van der Waals surface area contributed by atoms with Crippen molar-refractivity contribution in [2.45, 2.75) is 19.6 Å². The van der Waals surface area contributed by atoms with E-state index in [1.54, 1.807) is 6.92 Å². The first-order valence-electron chi connectivity index (χ1n) is 3.67. The fraction of sp³-hybridized carbons (Fsp3) is 0.857. The molecular weight excluding hydrogens is 182 g/mol. The SMILES string of the molecule is CC(=O)OC1(C)CNCCO1.Cl. The van der Waals surface area contributed by atoms with Crippen LogP contribution in [0.4, 0.5) is 0 Å². The molecule has 0 bridgehead atoms. The topological polar surface area (TPSA) is 47.6 Å². The zero-order valence-corrected chi connectivity index (χ0v) is 8.07. The summed E-state index contributed by atoms with van der Waals surface area (Å²) in [7, 11) is 0. The van der Waals surface area contributed by atoms with Gasteiger partial charge in [0.1, 0.15) is 0 Å². The Balaban J connectivity index is 0.00000121. The first kappa shape index (κ1) is 11.7.